The summed E-state index contributed by atoms with van der Waals surface area (Å²) < 4.78 is 0. The van der Waals surface area contributed by atoms with Crippen molar-refractivity contribution in [1.29, 1.82) is 0 Å². The summed E-state index contributed by atoms with van der Waals surface area (Å²) >= 11 is 0. The molecule has 2 nitrogen and oxygen atoms in total. The summed E-state index contributed by atoms with van der Waals surface area (Å²) in [6.45, 7) is 6.38. The van der Waals surface area contributed by atoms with E-state index < -0.39 is 0 Å². The van der Waals surface area contributed by atoms with E-state index in [0.29, 0.717) is 25.7 Å². The molecule has 0 N–H and O–H groups in total. The van der Waals surface area contributed by atoms with E-state index in [1.165, 1.54) is 0 Å². The molecule has 0 amide bonds. The highest BCUT2D eigenvalue weighted by molar-refractivity contribution is 5.87. The molecule has 0 bridgehead atoms. The number of hydrogen-bond donors (Lipinski definition) is 0. The number of Topliss-reactive ketones (excluding diaryl/α,β-unsaturated/α-hetero) is 2. The van der Waals surface area contributed by atoms with Crippen molar-refractivity contribution >= 4 is 11.6 Å². The first-order valence-electron chi connectivity index (χ1n) is 6.94. The fourth-order valence-corrected chi connectivity index (χ4v) is 1.83. The van der Waals surface area contributed by atoms with Gasteiger partial charge in [0.1, 0.15) is 11.6 Å². The van der Waals surface area contributed by atoms with E-state index in [4.69, 9.17) is 0 Å². The lowest BCUT2D eigenvalue weighted by Gasteiger charge is -2.16. The maximum absolute atomic E-state index is 11.8. The van der Waals surface area contributed by atoms with Crippen molar-refractivity contribution in [1.82, 2.24) is 0 Å². The topological polar surface area (TPSA) is 34.1 Å². The molecular formula is C17H24O2. The Morgan fingerprint density at radius 2 is 1.47 bits per heavy atom. The molecule has 0 heterocycles. The van der Waals surface area contributed by atoms with Crippen LogP contribution in [0.2, 0.25) is 0 Å². The molecule has 19 heavy (non-hydrogen) atoms. The number of carbonyl (C=O) groups excluding carboxylic acids is 2. The Balaban J connectivity index is 2.25. The maximum Gasteiger partial charge on any atom is 0.137 e. The molecule has 2 heteroatoms. The molecule has 0 aromatic heterocycles. The number of rotatable bonds is 7. The molecule has 0 radical (unpaired) electrons. The molecule has 0 saturated carbocycles. The van der Waals surface area contributed by atoms with E-state index in [1.54, 1.807) is 0 Å². The van der Waals surface area contributed by atoms with Gasteiger partial charge in [0, 0.05) is 25.7 Å². The van der Waals surface area contributed by atoms with Crippen molar-refractivity contribution in [2.75, 3.05) is 0 Å². The van der Waals surface area contributed by atoms with E-state index >= 15 is 0 Å². The van der Waals surface area contributed by atoms with Gasteiger partial charge in [-0.05, 0) is 17.4 Å². The summed E-state index contributed by atoms with van der Waals surface area (Å²) in [6.07, 6.45) is 2.67. The Hall–Kier alpha value is -1.44. The standard InChI is InChI=1S/C17H24O2/c1-17(2,3)12-11-15(18)9-10-16(19)13-14-7-5-4-6-8-14/h4-8H,9-13H2,1-3H3. The Morgan fingerprint density at radius 1 is 0.895 bits per heavy atom. The zero-order valence-electron chi connectivity index (χ0n) is 12.2. The molecule has 0 fully saturated rings. The minimum absolute atomic E-state index is 0.148. The van der Waals surface area contributed by atoms with Crippen LogP contribution in [0.15, 0.2) is 30.3 Å². The van der Waals surface area contributed by atoms with Gasteiger partial charge in [0.05, 0.1) is 0 Å². The van der Waals surface area contributed by atoms with Crippen molar-refractivity contribution in [3.05, 3.63) is 35.9 Å². The molecule has 0 saturated heterocycles. The second-order valence-electron chi connectivity index (χ2n) is 6.30. The third-order valence-electron chi connectivity index (χ3n) is 3.08. The van der Waals surface area contributed by atoms with Crippen LogP contribution in [-0.2, 0) is 16.0 Å². The normalized spacial score (nSPS) is 11.3. The van der Waals surface area contributed by atoms with Crippen molar-refractivity contribution in [3.63, 3.8) is 0 Å². The van der Waals surface area contributed by atoms with Crippen LogP contribution in [0, 0.1) is 5.41 Å². The lowest BCUT2D eigenvalue weighted by molar-refractivity contribution is -0.124. The first kappa shape index (κ1) is 15.6. The predicted molar refractivity (Wildman–Crippen MR) is 78.1 cm³/mol. The number of carbonyl (C=O) groups is 2. The van der Waals surface area contributed by atoms with Crippen LogP contribution < -0.4 is 0 Å². The molecule has 1 rings (SSSR count). The van der Waals surface area contributed by atoms with Gasteiger partial charge in [-0.3, -0.25) is 9.59 Å². The number of hydrogen-bond acceptors (Lipinski definition) is 2. The van der Waals surface area contributed by atoms with Gasteiger partial charge in [-0.1, -0.05) is 51.1 Å². The van der Waals surface area contributed by atoms with Crippen LogP contribution in [0.4, 0.5) is 0 Å². The average molecular weight is 260 g/mol. The summed E-state index contributed by atoms with van der Waals surface area (Å²) in [7, 11) is 0. The summed E-state index contributed by atoms with van der Waals surface area (Å²) in [6, 6.07) is 9.68. The van der Waals surface area contributed by atoms with Crippen molar-refractivity contribution in [3.8, 4) is 0 Å². The fraction of sp³-hybridized carbons (Fsp3) is 0.529. The summed E-state index contributed by atoms with van der Waals surface area (Å²) in [5, 5.41) is 0. The fourth-order valence-electron chi connectivity index (χ4n) is 1.83. The molecule has 1 aromatic rings. The SMILES string of the molecule is CC(C)(C)CCC(=O)CCC(=O)Cc1ccccc1. The van der Waals surface area contributed by atoms with E-state index in [9.17, 15) is 9.59 Å². The zero-order chi connectivity index (χ0) is 14.3. The van der Waals surface area contributed by atoms with Gasteiger partial charge >= 0.3 is 0 Å². The van der Waals surface area contributed by atoms with Gasteiger partial charge in [0.2, 0.25) is 0 Å². The molecule has 0 spiro atoms. The van der Waals surface area contributed by atoms with Crippen LogP contribution in [0.1, 0.15) is 52.0 Å². The van der Waals surface area contributed by atoms with Gasteiger partial charge in [-0.25, -0.2) is 0 Å². The van der Waals surface area contributed by atoms with Crippen LogP contribution in [-0.4, -0.2) is 11.6 Å². The highest BCUT2D eigenvalue weighted by Gasteiger charge is 2.14. The zero-order valence-corrected chi connectivity index (χ0v) is 12.2. The minimum atomic E-state index is 0.148. The Kier molecular flexibility index (Phi) is 5.94. The first-order valence-corrected chi connectivity index (χ1v) is 6.94. The molecule has 0 atom stereocenters. The quantitative estimate of drug-likeness (QED) is 0.743. The Labute approximate surface area is 116 Å². The van der Waals surface area contributed by atoms with Gasteiger partial charge in [-0.2, -0.15) is 0 Å². The highest BCUT2D eigenvalue weighted by atomic mass is 16.1. The Bertz CT molecular complexity index is 413. The molecule has 104 valence electrons. The van der Waals surface area contributed by atoms with Crippen molar-refractivity contribution in [2.45, 2.75) is 52.9 Å². The van der Waals surface area contributed by atoms with Crippen LogP contribution in [0.5, 0.6) is 0 Å². The minimum Gasteiger partial charge on any atom is -0.300 e. The molecule has 0 unspecified atom stereocenters. The third kappa shape index (κ3) is 7.55. The monoisotopic (exact) mass is 260 g/mol. The summed E-state index contributed by atoms with van der Waals surface area (Å²) in [5.74, 6) is 0.353. The second-order valence-corrected chi connectivity index (χ2v) is 6.30. The van der Waals surface area contributed by atoms with E-state index in [0.717, 1.165) is 12.0 Å². The number of ketones is 2. The lowest BCUT2D eigenvalue weighted by atomic mass is 9.89. The predicted octanol–water partition coefficient (Wildman–Crippen LogP) is 3.97. The highest BCUT2D eigenvalue weighted by Crippen LogP contribution is 2.21. The van der Waals surface area contributed by atoms with Crippen LogP contribution in [0.3, 0.4) is 0 Å². The van der Waals surface area contributed by atoms with Crippen molar-refractivity contribution in [2.24, 2.45) is 5.41 Å². The maximum atomic E-state index is 11.8. The summed E-state index contributed by atoms with van der Waals surface area (Å²) in [5.41, 5.74) is 1.21. The third-order valence-corrected chi connectivity index (χ3v) is 3.08. The largest absolute Gasteiger partial charge is 0.300 e. The summed E-state index contributed by atoms with van der Waals surface area (Å²) in [4.78, 5) is 23.5. The molecule has 0 aliphatic carbocycles. The number of benzene rings is 1. The molecular weight excluding hydrogens is 236 g/mol. The first-order chi connectivity index (χ1) is 8.87. The smallest absolute Gasteiger partial charge is 0.137 e. The van der Waals surface area contributed by atoms with Gasteiger partial charge in [0.15, 0.2) is 0 Å². The molecule has 1 aromatic carbocycles. The van der Waals surface area contributed by atoms with Gasteiger partial charge in [0.25, 0.3) is 0 Å². The van der Waals surface area contributed by atoms with Crippen molar-refractivity contribution < 1.29 is 9.59 Å². The Morgan fingerprint density at radius 3 is 2.05 bits per heavy atom. The van der Waals surface area contributed by atoms with Gasteiger partial charge < -0.3 is 0 Å². The molecule has 0 aliphatic heterocycles. The second kappa shape index (κ2) is 7.22. The lowest BCUT2D eigenvalue weighted by Crippen LogP contribution is -2.11. The van der Waals surface area contributed by atoms with E-state index in [2.05, 4.69) is 20.8 Å². The average Bonchev–Trinajstić information content (AvgIpc) is 2.34. The van der Waals surface area contributed by atoms with Gasteiger partial charge in [-0.15, -0.1) is 0 Å². The van der Waals surface area contributed by atoms with E-state index in [-0.39, 0.29) is 17.0 Å². The van der Waals surface area contributed by atoms with Crippen LogP contribution in [0.25, 0.3) is 0 Å². The van der Waals surface area contributed by atoms with Crippen LogP contribution >= 0.6 is 0 Å². The molecule has 0 aliphatic rings. The van der Waals surface area contributed by atoms with E-state index in [1.807, 2.05) is 30.3 Å².